The van der Waals surface area contributed by atoms with Crippen LogP contribution in [0.25, 0.3) is 0 Å². The van der Waals surface area contributed by atoms with Crippen molar-refractivity contribution in [2.75, 3.05) is 20.2 Å². The zero-order valence-corrected chi connectivity index (χ0v) is 11.6. The molecule has 0 aromatic heterocycles. The van der Waals surface area contributed by atoms with Gasteiger partial charge >= 0.3 is 0 Å². The molecule has 0 aromatic carbocycles. The summed E-state index contributed by atoms with van der Waals surface area (Å²) in [7, 11) is 2.26. The maximum absolute atomic E-state index is 9.82. The number of rotatable bonds is 5. The molecular weight excluding hydrogens is 210 g/mol. The molecule has 0 saturated heterocycles. The monoisotopic (exact) mass is 239 g/mol. The molecule has 0 aromatic rings. The van der Waals surface area contributed by atoms with Crippen LogP contribution in [0.15, 0.2) is 0 Å². The summed E-state index contributed by atoms with van der Waals surface area (Å²) in [5.74, 6) is 0.932. The molecule has 0 spiro atoms. The van der Waals surface area contributed by atoms with E-state index in [0.29, 0.717) is 12.6 Å². The molecule has 2 nitrogen and oxygen atoms in total. The summed E-state index contributed by atoms with van der Waals surface area (Å²) in [6, 6.07) is 0.710. The second-order valence-electron chi connectivity index (χ2n) is 6.57. The van der Waals surface area contributed by atoms with Crippen LogP contribution in [0.4, 0.5) is 0 Å². The molecule has 2 fully saturated rings. The van der Waals surface area contributed by atoms with Crippen molar-refractivity contribution < 1.29 is 5.11 Å². The van der Waals surface area contributed by atoms with E-state index in [-0.39, 0.29) is 5.41 Å². The van der Waals surface area contributed by atoms with Crippen molar-refractivity contribution in [2.45, 2.75) is 64.3 Å². The van der Waals surface area contributed by atoms with Gasteiger partial charge in [-0.15, -0.1) is 0 Å². The first kappa shape index (κ1) is 13.4. The molecule has 0 amide bonds. The maximum Gasteiger partial charge on any atom is 0.0499 e. The Morgan fingerprint density at radius 3 is 2.24 bits per heavy atom. The van der Waals surface area contributed by atoms with Gasteiger partial charge < -0.3 is 10.0 Å². The average molecular weight is 239 g/mol. The van der Waals surface area contributed by atoms with E-state index in [1.807, 2.05) is 0 Å². The second-order valence-corrected chi connectivity index (χ2v) is 6.57. The van der Waals surface area contributed by atoms with Crippen LogP contribution in [-0.4, -0.2) is 36.2 Å². The fraction of sp³-hybridized carbons (Fsp3) is 1.00. The average Bonchev–Trinajstić information content (AvgIpc) is 3.16. The molecule has 1 atom stereocenters. The van der Waals surface area contributed by atoms with E-state index >= 15 is 0 Å². The molecule has 1 unspecified atom stereocenters. The summed E-state index contributed by atoms with van der Waals surface area (Å²) in [6.07, 6.45) is 10.6. The summed E-state index contributed by atoms with van der Waals surface area (Å²) < 4.78 is 0. The summed E-state index contributed by atoms with van der Waals surface area (Å²) >= 11 is 0. The van der Waals surface area contributed by atoms with Crippen molar-refractivity contribution in [3.05, 3.63) is 0 Å². The highest BCUT2D eigenvalue weighted by molar-refractivity contribution is 4.89. The lowest BCUT2D eigenvalue weighted by Crippen LogP contribution is -2.42. The van der Waals surface area contributed by atoms with Crippen LogP contribution in [-0.2, 0) is 0 Å². The molecule has 0 bridgehead atoms. The first-order valence-electron chi connectivity index (χ1n) is 7.48. The van der Waals surface area contributed by atoms with Gasteiger partial charge in [0.25, 0.3) is 0 Å². The number of nitrogens with zero attached hydrogens (tertiary/aromatic N) is 1. The molecule has 1 N–H and O–H groups in total. The van der Waals surface area contributed by atoms with Crippen molar-refractivity contribution in [1.29, 1.82) is 0 Å². The lowest BCUT2D eigenvalue weighted by atomic mass is 9.80. The predicted octanol–water partition coefficient (Wildman–Crippen LogP) is 3.05. The molecule has 2 rings (SSSR count). The minimum atomic E-state index is 0.203. The third-order valence-corrected chi connectivity index (χ3v) is 5.08. The molecule has 17 heavy (non-hydrogen) atoms. The molecule has 2 heteroatoms. The van der Waals surface area contributed by atoms with Crippen LogP contribution in [0, 0.1) is 11.3 Å². The zero-order chi connectivity index (χ0) is 12.3. The van der Waals surface area contributed by atoms with Gasteiger partial charge in [-0.05, 0) is 45.6 Å². The third-order valence-electron chi connectivity index (χ3n) is 5.08. The van der Waals surface area contributed by atoms with Crippen LogP contribution in [0.5, 0.6) is 0 Å². The minimum Gasteiger partial charge on any atom is -0.396 e. The van der Waals surface area contributed by atoms with Gasteiger partial charge in [0.05, 0.1) is 0 Å². The topological polar surface area (TPSA) is 23.5 Å². The van der Waals surface area contributed by atoms with Crippen LogP contribution in [0.1, 0.15) is 58.3 Å². The highest BCUT2D eigenvalue weighted by Crippen LogP contribution is 2.39. The Kier molecular flexibility index (Phi) is 4.48. The van der Waals surface area contributed by atoms with Crippen LogP contribution >= 0.6 is 0 Å². The smallest absolute Gasteiger partial charge is 0.0499 e. The first-order valence-corrected chi connectivity index (χ1v) is 7.48. The fourth-order valence-electron chi connectivity index (χ4n) is 3.46. The molecule has 100 valence electrons. The minimum absolute atomic E-state index is 0.203. The number of hydrogen-bond donors (Lipinski definition) is 1. The summed E-state index contributed by atoms with van der Waals surface area (Å²) in [4.78, 5) is 2.51. The number of hydrogen-bond acceptors (Lipinski definition) is 2. The van der Waals surface area contributed by atoms with Gasteiger partial charge in [0.1, 0.15) is 0 Å². The van der Waals surface area contributed by atoms with Crippen molar-refractivity contribution in [2.24, 2.45) is 11.3 Å². The van der Waals surface area contributed by atoms with Crippen molar-refractivity contribution in [3.8, 4) is 0 Å². The van der Waals surface area contributed by atoms with Gasteiger partial charge in [-0.2, -0.15) is 0 Å². The van der Waals surface area contributed by atoms with Gasteiger partial charge in [0.2, 0.25) is 0 Å². The number of aliphatic hydroxyl groups is 1. The summed E-state index contributed by atoms with van der Waals surface area (Å²) in [5.41, 5.74) is 0.203. The van der Waals surface area contributed by atoms with E-state index in [1.54, 1.807) is 0 Å². The van der Waals surface area contributed by atoms with E-state index in [4.69, 9.17) is 0 Å². The summed E-state index contributed by atoms with van der Waals surface area (Å²) in [6.45, 7) is 3.84. The predicted molar refractivity (Wildman–Crippen MR) is 72.0 cm³/mol. The van der Waals surface area contributed by atoms with E-state index < -0.39 is 0 Å². The molecule has 2 aliphatic rings. The van der Waals surface area contributed by atoms with E-state index in [2.05, 4.69) is 18.9 Å². The molecule has 0 radical (unpaired) electrons. The summed E-state index contributed by atoms with van der Waals surface area (Å²) in [5, 5.41) is 9.82. The second kappa shape index (κ2) is 5.71. The molecule has 2 saturated carbocycles. The van der Waals surface area contributed by atoms with Gasteiger partial charge in [-0.1, -0.05) is 25.7 Å². The zero-order valence-electron chi connectivity index (χ0n) is 11.6. The lowest BCUT2D eigenvalue weighted by Gasteiger charge is -2.37. The van der Waals surface area contributed by atoms with Crippen molar-refractivity contribution in [1.82, 2.24) is 4.90 Å². The quantitative estimate of drug-likeness (QED) is 0.745. The Morgan fingerprint density at radius 2 is 1.76 bits per heavy atom. The third kappa shape index (κ3) is 3.45. The van der Waals surface area contributed by atoms with Crippen molar-refractivity contribution >= 4 is 0 Å². The maximum atomic E-state index is 9.82. The van der Waals surface area contributed by atoms with Crippen LogP contribution in [0.2, 0.25) is 0 Å². The first-order chi connectivity index (χ1) is 8.17. The largest absolute Gasteiger partial charge is 0.396 e. The molecular formula is C15H29NO. The highest BCUT2D eigenvalue weighted by atomic mass is 16.3. The molecule has 0 aliphatic heterocycles. The van der Waals surface area contributed by atoms with Crippen LogP contribution < -0.4 is 0 Å². The van der Waals surface area contributed by atoms with E-state index in [9.17, 15) is 5.11 Å². The lowest BCUT2D eigenvalue weighted by molar-refractivity contribution is 0.0526. The van der Waals surface area contributed by atoms with Gasteiger partial charge in [-0.3, -0.25) is 0 Å². The molecule has 2 aliphatic carbocycles. The Hall–Kier alpha value is -0.0800. The Labute approximate surface area is 106 Å². The fourth-order valence-corrected chi connectivity index (χ4v) is 3.46. The van der Waals surface area contributed by atoms with E-state index in [0.717, 1.165) is 12.5 Å². The number of aliphatic hydroxyl groups excluding tert-OH is 1. The Bertz CT molecular complexity index is 229. The van der Waals surface area contributed by atoms with Crippen LogP contribution in [0.3, 0.4) is 0 Å². The van der Waals surface area contributed by atoms with Crippen molar-refractivity contribution in [3.63, 3.8) is 0 Å². The Balaban J connectivity index is 1.91. The van der Waals surface area contributed by atoms with Gasteiger partial charge in [0, 0.05) is 24.6 Å². The SMILES string of the molecule is CC(C1CC1)N(C)CC1(CO)CCCCCC1. The Morgan fingerprint density at radius 1 is 1.18 bits per heavy atom. The van der Waals surface area contributed by atoms with Gasteiger partial charge in [-0.25, -0.2) is 0 Å². The molecule has 0 heterocycles. The normalized spacial score (nSPS) is 26.8. The van der Waals surface area contributed by atoms with E-state index in [1.165, 1.54) is 51.4 Å². The van der Waals surface area contributed by atoms with Gasteiger partial charge in [0.15, 0.2) is 0 Å². The standard InChI is InChI=1S/C15H29NO/c1-13(14-7-8-14)16(2)11-15(12-17)9-5-3-4-6-10-15/h13-14,17H,3-12H2,1-2H3. The highest BCUT2D eigenvalue weighted by Gasteiger charge is 2.36.